The van der Waals surface area contributed by atoms with E-state index in [9.17, 15) is 4.79 Å². The molecule has 92 heavy (non-hydrogen) atoms. The molecule has 13 rings (SSSR count). The second kappa shape index (κ2) is 27.5. The third kappa shape index (κ3) is 11.9. The van der Waals surface area contributed by atoms with Crippen LogP contribution in [0.15, 0.2) is 279 Å². The number of thioether (sulfide) groups is 2. The number of rotatable bonds is 22. The normalized spacial score (nSPS) is 15.1. The van der Waals surface area contributed by atoms with Crippen LogP contribution < -0.4 is 16.1 Å². The van der Waals surface area contributed by atoms with Crippen molar-refractivity contribution in [2.75, 3.05) is 25.3 Å². The molecule has 0 spiro atoms. The third-order valence-corrected chi connectivity index (χ3v) is 22.1. The predicted octanol–water partition coefficient (Wildman–Crippen LogP) is 15.6. The lowest BCUT2D eigenvalue weighted by Gasteiger charge is -2.49. The number of methoxy groups -OCH3 is 2. The monoisotopic (exact) mass is 1330 g/mol. The van der Waals surface area contributed by atoms with Gasteiger partial charge in [-0.2, -0.15) is 0 Å². The number of benzene rings is 8. The fraction of sp³-hybridized carbons (Fsp3) is 0.123. The number of aromatic nitrogens is 1. The predicted molar refractivity (Wildman–Crippen MR) is 368 cm³/mol. The van der Waals surface area contributed by atoms with Crippen LogP contribution >= 0.6 is 69.1 Å². The number of carbonyl (C=O) groups excluding carboxylic acids is 3. The van der Waals surface area contributed by atoms with E-state index in [-0.39, 0.29) is 38.2 Å². The van der Waals surface area contributed by atoms with Gasteiger partial charge < -0.3 is 29.7 Å². The number of thiophene rings is 1. The van der Waals surface area contributed by atoms with E-state index in [0.29, 0.717) is 46.8 Å². The van der Waals surface area contributed by atoms with E-state index < -0.39 is 52.7 Å². The van der Waals surface area contributed by atoms with Gasteiger partial charge in [-0.3, -0.25) is 19.3 Å². The van der Waals surface area contributed by atoms with E-state index in [0.717, 1.165) is 32.7 Å². The number of hydrogen-bond donors (Lipinski definition) is 2. The first-order valence-electron chi connectivity index (χ1n) is 29.2. The number of ether oxygens (including phenoxy) is 3. The summed E-state index contributed by atoms with van der Waals surface area (Å²) < 4.78 is 19.9. The van der Waals surface area contributed by atoms with E-state index >= 15 is 14.4 Å². The Balaban J connectivity index is 0.924. The number of amides is 2. The molecule has 2 atom stereocenters. The van der Waals surface area contributed by atoms with Crippen LogP contribution in [0.25, 0.3) is 9.40 Å². The topological polar surface area (TPSA) is 158 Å². The number of fused-ring (bicyclic) bond motifs is 2. The summed E-state index contributed by atoms with van der Waals surface area (Å²) in [6.07, 6.45) is -1.94. The van der Waals surface area contributed by atoms with Crippen molar-refractivity contribution in [3.05, 3.63) is 335 Å². The lowest BCUT2D eigenvalue weighted by molar-refractivity contribution is -0.154. The number of halogens is 1. The first kappa shape index (κ1) is 61.9. The van der Waals surface area contributed by atoms with Gasteiger partial charge in [0, 0.05) is 41.6 Å². The minimum atomic E-state index is -1.47. The summed E-state index contributed by atoms with van der Waals surface area (Å²) in [5.41, 5.74) is 3.28. The van der Waals surface area contributed by atoms with E-state index in [1.165, 1.54) is 65.3 Å². The van der Waals surface area contributed by atoms with Crippen molar-refractivity contribution in [3.63, 3.8) is 0 Å². The Morgan fingerprint density at radius 3 is 1.59 bits per heavy atom. The van der Waals surface area contributed by atoms with Crippen LogP contribution in [-0.4, -0.2) is 64.8 Å². The second-order valence-corrected chi connectivity index (χ2v) is 27.4. The fourth-order valence-corrected chi connectivity index (χ4v) is 17.9. The van der Waals surface area contributed by atoms with Crippen LogP contribution in [0.4, 0.5) is 5.13 Å². The number of β-lactam (4-membered cyclic amide) rings is 1. The van der Waals surface area contributed by atoms with Crippen molar-refractivity contribution < 1.29 is 33.4 Å². The standard InChI is InChI=1S/C73H56ClN5O8S5/c1-84-69(85-2)56-61(80)63-54(43-44-88-63)90-70(56)91-55-45-89-67-59(66(82)79(67)60(55)68(83)86-62(46-27-11-3-12-28-46)47-29-13-4-14-30-47)75-65(81)58(78-87-73(51-37-21-8-22-38-51,52-39-23-9-24-40-52)53-41-25-10-26-42-53)57-64(74)92-71(76-57)77-72(48-31-15-5-16-32-48,49-33-17-6-18-34-49)50-35-19-7-20-36-50/h3-44,59,62,67,69H,45H2,1-2H3,(H,75,81)(H,76,77)/t59?,67-/m0/s1. The van der Waals surface area contributed by atoms with Crippen LogP contribution in [-0.2, 0) is 44.6 Å². The minimum Gasteiger partial charge on any atom is -0.448 e. The zero-order chi connectivity index (χ0) is 63.2. The van der Waals surface area contributed by atoms with E-state index in [1.807, 2.05) is 254 Å². The van der Waals surface area contributed by atoms with Gasteiger partial charge in [-0.1, -0.05) is 283 Å². The van der Waals surface area contributed by atoms with Gasteiger partial charge in [0.05, 0.1) is 19.2 Å². The highest BCUT2D eigenvalue weighted by molar-refractivity contribution is 8.07. The van der Waals surface area contributed by atoms with E-state index in [2.05, 4.69) is 10.6 Å². The molecule has 1 saturated heterocycles. The van der Waals surface area contributed by atoms with Crippen LogP contribution in [0, 0.1) is 0 Å². The van der Waals surface area contributed by atoms with Gasteiger partial charge >= 0.3 is 5.97 Å². The molecule has 2 amide bonds. The molecule has 0 bridgehead atoms. The molecule has 5 heterocycles. The zero-order valence-corrected chi connectivity index (χ0v) is 54.1. The Hall–Kier alpha value is -8.95. The third-order valence-electron chi connectivity index (χ3n) is 16.0. The Labute approximate surface area is 556 Å². The molecule has 2 aliphatic heterocycles. The molecule has 1 fully saturated rings. The molecule has 458 valence electrons. The molecular weight excluding hydrogens is 1270 g/mol. The number of carbonyl (C=O) groups is 3. The number of nitrogens with zero attached hydrogens (tertiary/aromatic N) is 3. The highest BCUT2D eigenvalue weighted by Crippen LogP contribution is 2.50. The number of oxime groups is 1. The second-order valence-electron chi connectivity index (χ2n) is 21.3. The van der Waals surface area contributed by atoms with Gasteiger partial charge in [-0.15, -0.1) is 34.4 Å². The van der Waals surface area contributed by atoms with Crippen molar-refractivity contribution in [1.82, 2.24) is 15.2 Å². The maximum Gasteiger partial charge on any atom is 0.356 e. The molecule has 11 aromatic rings. The summed E-state index contributed by atoms with van der Waals surface area (Å²) in [6.45, 7) is 0. The average Bonchev–Trinajstić information content (AvgIpc) is 0.771. The van der Waals surface area contributed by atoms with E-state index in [1.54, 1.807) is 0 Å². The van der Waals surface area contributed by atoms with Gasteiger partial charge in [0.25, 0.3) is 11.8 Å². The average molecular weight is 1330 g/mol. The van der Waals surface area contributed by atoms with Crippen molar-refractivity contribution in [1.29, 1.82) is 0 Å². The maximum atomic E-state index is 15.9. The summed E-state index contributed by atoms with van der Waals surface area (Å²) in [6, 6.07) is 78.2. The minimum absolute atomic E-state index is 0.0266. The Morgan fingerprint density at radius 1 is 0.641 bits per heavy atom. The molecule has 0 saturated carbocycles. The van der Waals surface area contributed by atoms with Crippen molar-refractivity contribution in [3.8, 4) is 0 Å². The van der Waals surface area contributed by atoms with Gasteiger partial charge in [-0.05, 0) is 39.3 Å². The Kier molecular flexibility index (Phi) is 18.5. The first-order chi connectivity index (χ1) is 45.1. The molecule has 13 nitrogen and oxygen atoms in total. The molecule has 2 N–H and O–H groups in total. The molecule has 19 heteroatoms. The summed E-state index contributed by atoms with van der Waals surface area (Å²) in [5.74, 6) is -2.09. The molecule has 3 aromatic heterocycles. The Morgan fingerprint density at radius 2 is 1.11 bits per heavy atom. The summed E-state index contributed by atoms with van der Waals surface area (Å²) in [5, 5.41) is 13.1. The van der Waals surface area contributed by atoms with Gasteiger partial charge in [0.15, 0.2) is 23.2 Å². The van der Waals surface area contributed by atoms with Crippen LogP contribution in [0.1, 0.15) is 68.2 Å². The van der Waals surface area contributed by atoms with Crippen LogP contribution in [0.2, 0.25) is 4.34 Å². The van der Waals surface area contributed by atoms with Gasteiger partial charge in [0.1, 0.15) is 32.7 Å². The number of nitrogens with one attached hydrogen (secondary N) is 2. The van der Waals surface area contributed by atoms with Crippen molar-refractivity contribution >= 4 is 107 Å². The van der Waals surface area contributed by atoms with Crippen LogP contribution in [0.3, 0.4) is 0 Å². The SMILES string of the molecule is COC(OC)c1c(SC2=C(C(=O)OC(c3ccccc3)c3ccccc3)N3C(=O)C(NC(=O)C(=NOC(c4ccccc4)(c4ccccc4)c4ccccc4)c4nc(NC(c5ccccc5)(c5ccccc5)c5ccccc5)sc4Cl)[C@@H]3SC2)sc2ccsc2c1=O. The number of hydrogen-bond acceptors (Lipinski definition) is 16. The van der Waals surface area contributed by atoms with Gasteiger partial charge in [-0.25, -0.2) is 9.78 Å². The summed E-state index contributed by atoms with van der Waals surface area (Å²) in [7, 11) is 2.91. The molecule has 1 unspecified atom stereocenters. The highest BCUT2D eigenvalue weighted by atomic mass is 35.5. The Bertz CT molecular complexity index is 4310. The molecule has 0 radical (unpaired) electrons. The molecular formula is C73H56ClN5O8S5. The summed E-state index contributed by atoms with van der Waals surface area (Å²) in [4.78, 5) is 75.2. The van der Waals surface area contributed by atoms with Crippen LogP contribution in [0.5, 0.6) is 0 Å². The quantitative estimate of drug-likeness (QED) is 0.0165. The highest BCUT2D eigenvalue weighted by Gasteiger charge is 2.56. The molecule has 2 aliphatic rings. The smallest absolute Gasteiger partial charge is 0.356 e. The molecule has 0 aliphatic carbocycles. The molecule has 8 aromatic carbocycles. The van der Waals surface area contributed by atoms with Crippen molar-refractivity contribution in [2.45, 2.75) is 39.2 Å². The number of thiazole rings is 1. The lowest BCUT2D eigenvalue weighted by Crippen LogP contribution is -2.71. The van der Waals surface area contributed by atoms with Crippen molar-refractivity contribution in [2.24, 2.45) is 5.16 Å². The largest absolute Gasteiger partial charge is 0.448 e. The lowest BCUT2D eigenvalue weighted by atomic mass is 9.77. The van der Waals surface area contributed by atoms with Gasteiger partial charge in [0.2, 0.25) is 11.0 Å². The fourth-order valence-electron chi connectivity index (χ4n) is 11.7. The zero-order valence-electron chi connectivity index (χ0n) is 49.3. The summed E-state index contributed by atoms with van der Waals surface area (Å²) >= 11 is 13.8. The van der Waals surface area contributed by atoms with E-state index in [4.69, 9.17) is 40.8 Å². The maximum absolute atomic E-state index is 15.9. The first-order valence-corrected chi connectivity index (χ1v) is 34.0. The number of esters is 1. The number of anilines is 1.